The molecule has 0 aromatic heterocycles. The Morgan fingerprint density at radius 3 is 2.33 bits per heavy atom. The number of rotatable bonds is 3. The van der Waals surface area contributed by atoms with Gasteiger partial charge in [0.25, 0.3) is 0 Å². The van der Waals surface area contributed by atoms with Crippen LogP contribution in [0.1, 0.15) is 27.6 Å². The van der Waals surface area contributed by atoms with E-state index in [2.05, 4.69) is 0 Å². The lowest BCUT2D eigenvalue weighted by Crippen LogP contribution is -2.16. The molecule has 2 aromatic carbocycles. The summed E-state index contributed by atoms with van der Waals surface area (Å²) in [6.45, 7) is 0. The fourth-order valence-corrected chi connectivity index (χ4v) is 2.93. The fourth-order valence-electron chi connectivity index (χ4n) is 2.93. The first-order chi connectivity index (χ1) is 10.1. The van der Waals surface area contributed by atoms with E-state index in [1.165, 1.54) is 0 Å². The van der Waals surface area contributed by atoms with Crippen molar-refractivity contribution >= 4 is 11.5 Å². The number of carbonyl (C=O) groups is 1. The predicted molar refractivity (Wildman–Crippen MR) is 83.7 cm³/mol. The summed E-state index contributed by atoms with van der Waals surface area (Å²) in [6, 6.07) is 15.5. The lowest BCUT2D eigenvalue weighted by atomic mass is 9.94. The van der Waals surface area contributed by atoms with Crippen molar-refractivity contribution in [3.63, 3.8) is 0 Å². The second-order valence-electron chi connectivity index (χ2n) is 5.77. The molecule has 0 heterocycles. The largest absolute Gasteiger partial charge is 0.388 e. The molecular formula is C18H19NO2. The third-order valence-corrected chi connectivity index (χ3v) is 4.17. The number of carbonyl (C=O) groups excluding carboxylic acids is 1. The second-order valence-corrected chi connectivity index (χ2v) is 5.77. The van der Waals surface area contributed by atoms with Crippen molar-refractivity contribution < 1.29 is 9.90 Å². The summed E-state index contributed by atoms with van der Waals surface area (Å²) in [6.07, 6.45) is -0.121. The van der Waals surface area contributed by atoms with Gasteiger partial charge in [0, 0.05) is 25.3 Å². The van der Waals surface area contributed by atoms with Crippen LogP contribution >= 0.6 is 0 Å². The van der Waals surface area contributed by atoms with Gasteiger partial charge in [0.15, 0.2) is 5.78 Å². The van der Waals surface area contributed by atoms with Crippen molar-refractivity contribution in [2.45, 2.75) is 12.5 Å². The topological polar surface area (TPSA) is 40.5 Å². The first kappa shape index (κ1) is 13.8. The molecule has 3 heteroatoms. The van der Waals surface area contributed by atoms with Crippen LogP contribution in [0.5, 0.6) is 0 Å². The molecule has 2 atom stereocenters. The van der Waals surface area contributed by atoms with Gasteiger partial charge in [0.2, 0.25) is 0 Å². The van der Waals surface area contributed by atoms with Gasteiger partial charge in [-0.1, -0.05) is 36.4 Å². The molecule has 2 unspecified atom stereocenters. The Hall–Kier alpha value is -2.13. The quantitative estimate of drug-likeness (QED) is 0.940. The molecular weight excluding hydrogens is 262 g/mol. The highest BCUT2D eigenvalue weighted by atomic mass is 16.3. The van der Waals surface area contributed by atoms with Crippen molar-refractivity contribution in [2.24, 2.45) is 5.92 Å². The maximum Gasteiger partial charge on any atom is 0.169 e. The van der Waals surface area contributed by atoms with Gasteiger partial charge >= 0.3 is 0 Å². The molecule has 1 aliphatic carbocycles. The molecule has 0 bridgehead atoms. The number of aliphatic hydroxyl groups excluding tert-OH is 1. The number of hydrogen-bond acceptors (Lipinski definition) is 3. The minimum Gasteiger partial charge on any atom is -0.388 e. The van der Waals surface area contributed by atoms with Crippen molar-refractivity contribution in [1.29, 1.82) is 0 Å². The number of ketones is 1. The minimum atomic E-state index is -0.692. The van der Waals surface area contributed by atoms with Crippen LogP contribution in [0.15, 0.2) is 48.5 Å². The summed E-state index contributed by atoms with van der Waals surface area (Å²) in [5, 5.41) is 10.4. The number of nitrogens with zero attached hydrogens (tertiary/aromatic N) is 1. The Morgan fingerprint density at radius 1 is 1.05 bits per heavy atom. The first-order valence-corrected chi connectivity index (χ1v) is 7.15. The van der Waals surface area contributed by atoms with Crippen molar-refractivity contribution in [3.05, 3.63) is 65.2 Å². The normalized spacial score (nSPS) is 20.4. The van der Waals surface area contributed by atoms with E-state index in [0.717, 1.165) is 16.8 Å². The van der Waals surface area contributed by atoms with Gasteiger partial charge in [0.05, 0.1) is 12.0 Å². The van der Waals surface area contributed by atoms with E-state index >= 15 is 0 Å². The fraction of sp³-hybridized carbons (Fsp3) is 0.278. The number of anilines is 1. The van der Waals surface area contributed by atoms with Crippen LogP contribution in [-0.2, 0) is 6.42 Å². The third-order valence-electron chi connectivity index (χ3n) is 4.17. The molecule has 3 rings (SSSR count). The second kappa shape index (κ2) is 5.34. The molecule has 0 saturated heterocycles. The lowest BCUT2D eigenvalue weighted by Gasteiger charge is -2.16. The maximum atomic E-state index is 12.4. The van der Waals surface area contributed by atoms with Crippen molar-refractivity contribution in [2.75, 3.05) is 19.0 Å². The van der Waals surface area contributed by atoms with Crippen LogP contribution in [0.3, 0.4) is 0 Å². The number of fused-ring (bicyclic) bond motifs is 1. The molecule has 0 fully saturated rings. The standard InChI is InChI=1S/C18H19NO2/c1-19(2)13-9-7-12(8-10-13)11-16-17(20)14-5-3-4-6-15(14)18(16)21/h3-10,16-17,20H,11H2,1-2H3. The van der Waals surface area contributed by atoms with Gasteiger partial charge in [-0.25, -0.2) is 0 Å². The molecule has 21 heavy (non-hydrogen) atoms. The summed E-state index contributed by atoms with van der Waals surface area (Å²) >= 11 is 0. The van der Waals surface area contributed by atoms with Gasteiger partial charge in [-0.3, -0.25) is 4.79 Å². The average molecular weight is 281 g/mol. The van der Waals surface area contributed by atoms with Crippen LogP contribution in [0.4, 0.5) is 5.69 Å². The van der Waals surface area contributed by atoms with E-state index in [1.54, 1.807) is 6.07 Å². The van der Waals surface area contributed by atoms with Gasteiger partial charge < -0.3 is 10.0 Å². The van der Waals surface area contributed by atoms with Gasteiger partial charge in [-0.15, -0.1) is 0 Å². The van der Waals surface area contributed by atoms with E-state index < -0.39 is 6.10 Å². The van der Waals surface area contributed by atoms with Crippen molar-refractivity contribution in [3.8, 4) is 0 Å². The molecule has 0 saturated carbocycles. The van der Waals surface area contributed by atoms with E-state index in [1.807, 2.05) is 61.5 Å². The molecule has 2 aromatic rings. The Morgan fingerprint density at radius 2 is 1.71 bits per heavy atom. The zero-order valence-corrected chi connectivity index (χ0v) is 12.3. The summed E-state index contributed by atoms with van der Waals surface area (Å²) in [4.78, 5) is 14.5. The Labute approximate surface area is 124 Å². The molecule has 108 valence electrons. The van der Waals surface area contributed by atoms with E-state index in [0.29, 0.717) is 12.0 Å². The van der Waals surface area contributed by atoms with Gasteiger partial charge in [-0.05, 0) is 29.7 Å². The summed E-state index contributed by atoms with van der Waals surface area (Å²) in [5.41, 5.74) is 3.63. The van der Waals surface area contributed by atoms with Crippen LogP contribution in [0.2, 0.25) is 0 Å². The van der Waals surface area contributed by atoms with Gasteiger partial charge in [0.1, 0.15) is 0 Å². The Balaban J connectivity index is 1.82. The average Bonchev–Trinajstić information content (AvgIpc) is 2.73. The molecule has 0 spiro atoms. The molecule has 1 aliphatic rings. The Bertz CT molecular complexity index is 661. The predicted octanol–water partition coefficient (Wildman–Crippen LogP) is 2.84. The highest BCUT2D eigenvalue weighted by Crippen LogP contribution is 2.37. The zero-order valence-electron chi connectivity index (χ0n) is 12.3. The van der Waals surface area contributed by atoms with Crippen LogP contribution in [0.25, 0.3) is 0 Å². The first-order valence-electron chi connectivity index (χ1n) is 7.15. The monoisotopic (exact) mass is 281 g/mol. The molecule has 0 aliphatic heterocycles. The van der Waals surface area contributed by atoms with Crippen LogP contribution < -0.4 is 4.90 Å². The lowest BCUT2D eigenvalue weighted by molar-refractivity contribution is 0.0757. The Kier molecular flexibility index (Phi) is 3.52. The zero-order chi connectivity index (χ0) is 15.0. The van der Waals surface area contributed by atoms with Crippen LogP contribution in [-0.4, -0.2) is 25.0 Å². The minimum absolute atomic E-state index is 0.0507. The smallest absolute Gasteiger partial charge is 0.169 e. The number of Topliss-reactive ketones (excluding diaryl/α,β-unsaturated/α-hetero) is 1. The molecule has 0 amide bonds. The van der Waals surface area contributed by atoms with E-state index in [4.69, 9.17) is 0 Å². The highest BCUT2D eigenvalue weighted by Gasteiger charge is 2.38. The number of aliphatic hydroxyl groups is 1. The molecule has 1 N–H and O–H groups in total. The summed E-state index contributed by atoms with van der Waals surface area (Å²) < 4.78 is 0. The van der Waals surface area contributed by atoms with Crippen molar-refractivity contribution in [1.82, 2.24) is 0 Å². The summed E-state index contributed by atoms with van der Waals surface area (Å²) in [5.74, 6) is -0.317. The van der Waals surface area contributed by atoms with Crippen LogP contribution in [0, 0.1) is 5.92 Å². The molecule has 0 radical (unpaired) electrons. The number of hydrogen-bond donors (Lipinski definition) is 1. The van der Waals surface area contributed by atoms with E-state index in [9.17, 15) is 9.90 Å². The maximum absolute atomic E-state index is 12.4. The van der Waals surface area contributed by atoms with Gasteiger partial charge in [-0.2, -0.15) is 0 Å². The third kappa shape index (κ3) is 2.45. The SMILES string of the molecule is CN(C)c1ccc(CC2C(=O)c3ccccc3C2O)cc1. The molecule has 3 nitrogen and oxygen atoms in total. The van der Waals surface area contributed by atoms with E-state index in [-0.39, 0.29) is 11.7 Å². The number of benzene rings is 2. The summed E-state index contributed by atoms with van der Waals surface area (Å²) in [7, 11) is 3.99. The highest BCUT2D eigenvalue weighted by molar-refractivity contribution is 6.03.